The van der Waals surface area contributed by atoms with E-state index in [4.69, 9.17) is 14.2 Å². The molecule has 0 aliphatic heterocycles. The van der Waals surface area contributed by atoms with E-state index in [9.17, 15) is 0 Å². The minimum absolute atomic E-state index is 0.232. The minimum atomic E-state index is 0.232. The molecule has 0 saturated heterocycles. The van der Waals surface area contributed by atoms with Gasteiger partial charge in [-0.2, -0.15) is 0 Å². The fourth-order valence-electron chi connectivity index (χ4n) is 0.586. The van der Waals surface area contributed by atoms with Crippen LogP contribution in [-0.2, 0) is 14.2 Å². The molecule has 3 heteroatoms. The second-order valence-electron chi connectivity index (χ2n) is 3.16. The Labute approximate surface area is 75.0 Å². The number of hydrogen-bond donors (Lipinski definition) is 0. The van der Waals surface area contributed by atoms with Crippen molar-refractivity contribution in [1.82, 2.24) is 0 Å². The second-order valence-corrected chi connectivity index (χ2v) is 3.16. The highest BCUT2D eigenvalue weighted by Gasteiger charge is 1.94. The molecule has 3 nitrogen and oxygen atoms in total. The Kier molecular flexibility index (Phi) is 7.45. The van der Waals surface area contributed by atoms with Crippen LogP contribution in [0.4, 0.5) is 0 Å². The van der Waals surface area contributed by atoms with E-state index in [2.05, 4.69) is 0 Å². The molecular weight excluding hydrogens is 156 g/mol. The molecule has 0 amide bonds. The van der Waals surface area contributed by atoms with Gasteiger partial charge < -0.3 is 14.2 Å². The van der Waals surface area contributed by atoms with E-state index in [0.717, 1.165) is 0 Å². The Hall–Kier alpha value is -0.120. The average Bonchev–Trinajstić information content (AvgIpc) is 1.95. The summed E-state index contributed by atoms with van der Waals surface area (Å²) in [4.78, 5) is 0. The lowest BCUT2D eigenvalue weighted by Crippen LogP contribution is -2.13. The van der Waals surface area contributed by atoms with E-state index in [1.165, 1.54) is 0 Å². The lowest BCUT2D eigenvalue weighted by Gasteiger charge is -2.09. The maximum atomic E-state index is 5.27. The summed E-state index contributed by atoms with van der Waals surface area (Å²) in [6.45, 7) is 9.57. The Balaban J connectivity index is 2.91. The first kappa shape index (κ1) is 11.9. The van der Waals surface area contributed by atoms with Gasteiger partial charge >= 0.3 is 0 Å². The Morgan fingerprint density at radius 3 is 1.92 bits per heavy atom. The van der Waals surface area contributed by atoms with Gasteiger partial charge in [-0.25, -0.2) is 0 Å². The van der Waals surface area contributed by atoms with Crippen LogP contribution in [0.3, 0.4) is 0 Å². The van der Waals surface area contributed by atoms with Crippen molar-refractivity contribution in [2.24, 2.45) is 0 Å². The molecule has 74 valence electrons. The van der Waals surface area contributed by atoms with E-state index >= 15 is 0 Å². The summed E-state index contributed by atoms with van der Waals surface area (Å²) in [5.74, 6) is 0. The molecule has 0 bridgehead atoms. The average molecular weight is 176 g/mol. The first-order chi connectivity index (χ1) is 5.63. The SMILES string of the molecule is CC(C)OCCOCOC(C)C. The van der Waals surface area contributed by atoms with Crippen molar-refractivity contribution < 1.29 is 14.2 Å². The lowest BCUT2D eigenvalue weighted by atomic mass is 10.5. The van der Waals surface area contributed by atoms with E-state index in [-0.39, 0.29) is 12.2 Å². The summed E-state index contributed by atoms with van der Waals surface area (Å²) < 4.78 is 15.6. The lowest BCUT2D eigenvalue weighted by molar-refractivity contribution is -0.0938. The van der Waals surface area contributed by atoms with Crippen molar-refractivity contribution in [3.8, 4) is 0 Å². The van der Waals surface area contributed by atoms with Gasteiger partial charge in [-0.3, -0.25) is 0 Å². The fraction of sp³-hybridized carbons (Fsp3) is 1.00. The molecule has 0 aliphatic carbocycles. The quantitative estimate of drug-likeness (QED) is 0.437. The molecule has 0 aromatic carbocycles. The maximum Gasteiger partial charge on any atom is 0.147 e. The third kappa shape index (κ3) is 9.88. The van der Waals surface area contributed by atoms with Crippen LogP contribution in [0.5, 0.6) is 0 Å². The third-order valence-electron chi connectivity index (χ3n) is 1.16. The molecule has 0 spiro atoms. The molecule has 0 aromatic heterocycles. The van der Waals surface area contributed by atoms with Crippen LogP contribution in [0.15, 0.2) is 0 Å². The number of rotatable bonds is 7. The van der Waals surface area contributed by atoms with Crippen LogP contribution in [0, 0.1) is 0 Å². The molecule has 0 unspecified atom stereocenters. The van der Waals surface area contributed by atoms with Crippen LogP contribution in [0.2, 0.25) is 0 Å². The van der Waals surface area contributed by atoms with Crippen LogP contribution < -0.4 is 0 Å². The van der Waals surface area contributed by atoms with Gasteiger partial charge in [-0.1, -0.05) is 0 Å². The highest BCUT2D eigenvalue weighted by molar-refractivity contribution is 4.36. The van der Waals surface area contributed by atoms with Crippen molar-refractivity contribution >= 4 is 0 Å². The van der Waals surface area contributed by atoms with Crippen LogP contribution >= 0.6 is 0 Å². The summed E-state index contributed by atoms with van der Waals surface area (Å²) in [5.41, 5.74) is 0. The normalized spacial score (nSPS) is 11.5. The largest absolute Gasteiger partial charge is 0.376 e. The van der Waals surface area contributed by atoms with Gasteiger partial charge in [0.05, 0.1) is 25.4 Å². The summed E-state index contributed by atoms with van der Waals surface area (Å²) in [6, 6.07) is 0. The zero-order valence-corrected chi connectivity index (χ0v) is 8.50. The van der Waals surface area contributed by atoms with Gasteiger partial charge in [0.15, 0.2) is 0 Å². The van der Waals surface area contributed by atoms with Gasteiger partial charge in [-0.15, -0.1) is 0 Å². The number of ether oxygens (including phenoxy) is 3. The molecular formula is C9H20O3. The second kappa shape index (κ2) is 7.53. The van der Waals surface area contributed by atoms with Crippen molar-refractivity contribution in [3.63, 3.8) is 0 Å². The molecule has 0 radical (unpaired) electrons. The first-order valence-electron chi connectivity index (χ1n) is 4.44. The Morgan fingerprint density at radius 1 is 0.833 bits per heavy atom. The molecule has 0 aliphatic rings. The molecule has 0 saturated carbocycles. The van der Waals surface area contributed by atoms with Crippen molar-refractivity contribution in [2.75, 3.05) is 20.0 Å². The monoisotopic (exact) mass is 176 g/mol. The zero-order valence-electron chi connectivity index (χ0n) is 8.50. The topological polar surface area (TPSA) is 27.7 Å². The molecule has 12 heavy (non-hydrogen) atoms. The van der Waals surface area contributed by atoms with Crippen molar-refractivity contribution in [1.29, 1.82) is 0 Å². The van der Waals surface area contributed by atoms with Gasteiger partial charge in [0.25, 0.3) is 0 Å². The predicted octanol–water partition coefficient (Wildman–Crippen LogP) is 1.81. The molecule has 0 atom stereocenters. The van der Waals surface area contributed by atoms with E-state index in [1.807, 2.05) is 27.7 Å². The summed E-state index contributed by atoms with van der Waals surface area (Å²) in [6.07, 6.45) is 0.510. The molecule has 0 aromatic rings. The van der Waals surface area contributed by atoms with E-state index in [1.54, 1.807) is 0 Å². The smallest absolute Gasteiger partial charge is 0.147 e. The standard InChI is InChI=1S/C9H20O3/c1-8(2)11-6-5-10-7-12-9(3)4/h8-9H,5-7H2,1-4H3. The van der Waals surface area contributed by atoms with E-state index < -0.39 is 0 Å². The molecule has 0 rings (SSSR count). The van der Waals surface area contributed by atoms with Gasteiger partial charge in [0, 0.05) is 0 Å². The Morgan fingerprint density at radius 2 is 1.42 bits per heavy atom. The van der Waals surface area contributed by atoms with Gasteiger partial charge in [-0.05, 0) is 27.7 Å². The molecule has 0 fully saturated rings. The highest BCUT2D eigenvalue weighted by Crippen LogP contribution is 1.90. The third-order valence-corrected chi connectivity index (χ3v) is 1.16. The summed E-state index contributed by atoms with van der Waals surface area (Å²) in [7, 11) is 0. The van der Waals surface area contributed by atoms with Gasteiger partial charge in [0.1, 0.15) is 6.79 Å². The zero-order chi connectivity index (χ0) is 9.40. The fourth-order valence-corrected chi connectivity index (χ4v) is 0.586. The Bertz CT molecular complexity index is 79.8. The highest BCUT2D eigenvalue weighted by atomic mass is 16.7. The first-order valence-corrected chi connectivity index (χ1v) is 4.44. The van der Waals surface area contributed by atoms with Crippen molar-refractivity contribution in [3.05, 3.63) is 0 Å². The van der Waals surface area contributed by atoms with E-state index in [0.29, 0.717) is 20.0 Å². The predicted molar refractivity (Wildman–Crippen MR) is 48.1 cm³/mol. The minimum Gasteiger partial charge on any atom is -0.376 e. The van der Waals surface area contributed by atoms with Crippen LogP contribution in [0.25, 0.3) is 0 Å². The van der Waals surface area contributed by atoms with Crippen molar-refractivity contribution in [2.45, 2.75) is 39.9 Å². The maximum absolute atomic E-state index is 5.27. The van der Waals surface area contributed by atoms with Crippen LogP contribution in [0.1, 0.15) is 27.7 Å². The summed E-state index contributed by atoms with van der Waals surface area (Å²) in [5, 5.41) is 0. The molecule has 0 heterocycles. The molecule has 0 N–H and O–H groups in total. The van der Waals surface area contributed by atoms with Gasteiger partial charge in [0.2, 0.25) is 0 Å². The summed E-state index contributed by atoms with van der Waals surface area (Å²) >= 11 is 0. The van der Waals surface area contributed by atoms with Crippen LogP contribution in [-0.4, -0.2) is 32.2 Å². The number of hydrogen-bond acceptors (Lipinski definition) is 3.